The number of likely N-dealkylation sites (tertiary alicyclic amines) is 1. The lowest BCUT2D eigenvalue weighted by Gasteiger charge is -2.58. The number of carbonyl (C=O) groups excluding carboxylic acids is 4. The van der Waals surface area contributed by atoms with Crippen LogP contribution in [-0.4, -0.2) is 65.5 Å². The van der Waals surface area contributed by atoms with E-state index in [1.54, 1.807) is 6.92 Å². The summed E-state index contributed by atoms with van der Waals surface area (Å²) in [6.07, 6.45) is 7.81. The molecule has 1 unspecified atom stereocenters. The predicted molar refractivity (Wildman–Crippen MR) is 105 cm³/mol. The zero-order valence-corrected chi connectivity index (χ0v) is 17.7. The minimum absolute atomic E-state index is 0.155. The Labute approximate surface area is 176 Å². The molecule has 2 saturated heterocycles. The van der Waals surface area contributed by atoms with Gasteiger partial charge in [0, 0.05) is 0 Å². The van der Waals surface area contributed by atoms with Crippen LogP contribution in [0.15, 0.2) is 0 Å². The summed E-state index contributed by atoms with van der Waals surface area (Å²) < 4.78 is 5.15. The van der Waals surface area contributed by atoms with Gasteiger partial charge in [-0.1, -0.05) is 0 Å². The zero-order chi connectivity index (χ0) is 21.0. The van der Waals surface area contributed by atoms with Crippen molar-refractivity contribution in [3.05, 3.63) is 0 Å². The number of nitrogens with one attached hydrogen (secondary N) is 1. The van der Waals surface area contributed by atoms with E-state index in [2.05, 4.69) is 0 Å². The second kappa shape index (κ2) is 7.32. The van der Waals surface area contributed by atoms with Crippen LogP contribution in [0.1, 0.15) is 58.3 Å². The highest BCUT2D eigenvalue weighted by atomic mass is 16.5. The Kier molecular flexibility index (Phi) is 4.87. The number of esters is 1. The van der Waals surface area contributed by atoms with Gasteiger partial charge >= 0.3 is 23.8 Å². The van der Waals surface area contributed by atoms with Crippen LogP contribution in [0.4, 0.5) is 4.79 Å². The summed E-state index contributed by atoms with van der Waals surface area (Å²) in [4.78, 5) is 54.7. The molecule has 4 aliphatic carbocycles. The molecule has 4 amide bonds. The molecule has 6 fully saturated rings. The minimum atomic E-state index is -0.693. The molecule has 2 atom stereocenters. The van der Waals surface area contributed by atoms with Gasteiger partial charge in [0.05, 0.1) is 25.2 Å². The molecule has 2 aliphatic heterocycles. The van der Waals surface area contributed by atoms with Crippen molar-refractivity contribution in [3.63, 3.8) is 0 Å². The first-order chi connectivity index (χ1) is 14.4. The fourth-order valence-electron chi connectivity index (χ4n) is 7.38. The van der Waals surface area contributed by atoms with E-state index in [0.717, 1.165) is 48.4 Å². The maximum atomic E-state index is 13.3. The second-order valence-electron chi connectivity index (χ2n) is 10.3. The van der Waals surface area contributed by atoms with Gasteiger partial charge in [-0.2, -0.15) is 0 Å². The smallest absolute Gasteiger partial charge is 0.339 e. The third kappa shape index (κ3) is 3.15. The van der Waals surface area contributed by atoms with Crippen molar-refractivity contribution in [2.75, 3.05) is 26.4 Å². The quantitative estimate of drug-likeness (QED) is 0.400. The van der Waals surface area contributed by atoms with E-state index in [1.165, 1.54) is 24.2 Å². The van der Waals surface area contributed by atoms with Crippen molar-refractivity contribution in [2.24, 2.45) is 23.7 Å². The molecule has 2 heterocycles. The number of hydrogen-bond acceptors (Lipinski definition) is 5. The number of imide groups is 2. The topological polar surface area (TPSA) is 88.4 Å². The molecule has 6 rings (SSSR count). The van der Waals surface area contributed by atoms with Gasteiger partial charge in [0.15, 0.2) is 6.67 Å². The van der Waals surface area contributed by atoms with E-state index in [4.69, 9.17) is 4.74 Å². The van der Waals surface area contributed by atoms with E-state index in [9.17, 15) is 19.2 Å². The molecular formula is C22H32N3O5+. The normalized spacial score (nSPS) is 40.4. The predicted octanol–water partition coefficient (Wildman–Crippen LogP) is 0.562. The summed E-state index contributed by atoms with van der Waals surface area (Å²) >= 11 is 0. The van der Waals surface area contributed by atoms with Crippen molar-refractivity contribution in [3.8, 4) is 0 Å². The van der Waals surface area contributed by atoms with E-state index in [-0.39, 0.29) is 18.6 Å². The van der Waals surface area contributed by atoms with Crippen LogP contribution in [0.3, 0.4) is 0 Å². The highest BCUT2D eigenvalue weighted by molar-refractivity contribution is 6.44. The molecule has 164 valence electrons. The molecular weight excluding hydrogens is 386 g/mol. The number of quaternary nitrogens is 1. The molecule has 30 heavy (non-hydrogen) atoms. The molecule has 6 aliphatic rings. The number of rotatable bonds is 5. The van der Waals surface area contributed by atoms with Crippen LogP contribution in [0.5, 0.6) is 0 Å². The fourth-order valence-corrected chi connectivity index (χ4v) is 7.38. The van der Waals surface area contributed by atoms with Gasteiger partial charge in [-0.3, -0.25) is 14.4 Å². The SMILES string of the molecule is CCOC(=O)[C@H]1CCC[NH+](CN2C(=O)C(=O)N(C34CC5CC(CC(C5)C3)C4)C2=O)C1. The van der Waals surface area contributed by atoms with Crippen LogP contribution >= 0.6 is 0 Å². The Morgan fingerprint density at radius 3 is 2.30 bits per heavy atom. The average Bonchev–Trinajstić information content (AvgIpc) is 2.91. The molecule has 4 bridgehead atoms. The molecule has 0 radical (unpaired) electrons. The fraction of sp³-hybridized carbons (Fsp3) is 0.818. The van der Waals surface area contributed by atoms with Crippen LogP contribution in [0.2, 0.25) is 0 Å². The standard InChI is InChI=1S/C22H31N3O5/c1-2-30-20(28)17-4-3-5-23(12-17)13-24-18(26)19(27)25(21(24)29)22-9-14-6-15(10-22)8-16(7-14)11-22/h14-17H,2-13H2,1H3/p+1/t14?,15?,16?,17-,22?/m0/s1. The van der Waals surface area contributed by atoms with Crippen molar-refractivity contribution in [1.29, 1.82) is 0 Å². The summed E-state index contributed by atoms with van der Waals surface area (Å²) in [6.45, 7) is 3.60. The summed E-state index contributed by atoms with van der Waals surface area (Å²) in [6, 6.07) is -0.433. The van der Waals surface area contributed by atoms with Crippen LogP contribution < -0.4 is 4.90 Å². The van der Waals surface area contributed by atoms with Gasteiger partial charge in [0.2, 0.25) is 0 Å². The van der Waals surface area contributed by atoms with Gasteiger partial charge in [0.1, 0.15) is 5.92 Å². The number of amides is 4. The van der Waals surface area contributed by atoms with Gasteiger partial charge < -0.3 is 9.64 Å². The molecule has 8 heteroatoms. The summed E-state index contributed by atoms with van der Waals surface area (Å²) in [5.41, 5.74) is -0.446. The molecule has 0 aromatic heterocycles. The lowest BCUT2D eigenvalue weighted by atomic mass is 9.52. The molecule has 0 spiro atoms. The van der Waals surface area contributed by atoms with Gasteiger partial charge in [-0.15, -0.1) is 0 Å². The molecule has 4 saturated carbocycles. The van der Waals surface area contributed by atoms with Crippen molar-refractivity contribution >= 4 is 23.8 Å². The van der Waals surface area contributed by atoms with Crippen LogP contribution in [-0.2, 0) is 19.1 Å². The van der Waals surface area contributed by atoms with Gasteiger partial charge in [0.25, 0.3) is 0 Å². The Bertz CT molecular complexity index is 745. The summed E-state index contributed by atoms with van der Waals surface area (Å²) in [7, 11) is 0. The maximum Gasteiger partial charge on any atom is 0.339 e. The minimum Gasteiger partial charge on any atom is -0.466 e. The highest BCUT2D eigenvalue weighted by Crippen LogP contribution is 2.58. The monoisotopic (exact) mass is 418 g/mol. The molecule has 8 nitrogen and oxygen atoms in total. The Morgan fingerprint density at radius 1 is 1.07 bits per heavy atom. The summed E-state index contributed by atoms with van der Waals surface area (Å²) in [5.74, 6) is -0.00418. The Balaban J connectivity index is 1.31. The third-order valence-corrected chi connectivity index (χ3v) is 8.15. The Hall–Kier alpha value is -1.96. The van der Waals surface area contributed by atoms with E-state index in [0.29, 0.717) is 30.9 Å². The first-order valence-corrected chi connectivity index (χ1v) is 11.6. The van der Waals surface area contributed by atoms with Crippen molar-refractivity contribution in [2.45, 2.75) is 63.8 Å². The Morgan fingerprint density at radius 2 is 1.70 bits per heavy atom. The lowest BCUT2D eigenvalue weighted by Crippen LogP contribution is -3.15. The van der Waals surface area contributed by atoms with E-state index < -0.39 is 23.4 Å². The number of piperidine rings is 1. The van der Waals surface area contributed by atoms with E-state index >= 15 is 0 Å². The number of carbonyl (C=O) groups is 4. The third-order valence-electron chi connectivity index (χ3n) is 8.15. The summed E-state index contributed by atoms with van der Waals surface area (Å²) in [5, 5.41) is 0. The molecule has 0 aromatic rings. The van der Waals surface area contributed by atoms with Gasteiger partial charge in [-0.25, -0.2) is 14.6 Å². The lowest BCUT2D eigenvalue weighted by molar-refractivity contribution is -0.914. The van der Waals surface area contributed by atoms with E-state index in [1.807, 2.05) is 0 Å². The highest BCUT2D eigenvalue weighted by Gasteiger charge is 2.61. The van der Waals surface area contributed by atoms with Gasteiger partial charge in [-0.05, 0) is 76.0 Å². The zero-order valence-electron chi connectivity index (χ0n) is 17.7. The van der Waals surface area contributed by atoms with Crippen LogP contribution in [0.25, 0.3) is 0 Å². The van der Waals surface area contributed by atoms with Crippen molar-refractivity contribution < 1.29 is 28.8 Å². The number of nitrogens with zero attached hydrogens (tertiary/aromatic N) is 2. The first kappa shape index (κ1) is 20.0. The van der Waals surface area contributed by atoms with Crippen molar-refractivity contribution in [1.82, 2.24) is 9.80 Å². The number of urea groups is 1. The molecule has 1 N–H and O–H groups in total. The maximum absolute atomic E-state index is 13.3. The second-order valence-corrected chi connectivity index (χ2v) is 10.3. The first-order valence-electron chi connectivity index (χ1n) is 11.6. The molecule has 0 aromatic carbocycles. The number of ether oxygens (including phenoxy) is 1. The van der Waals surface area contributed by atoms with Crippen LogP contribution in [0, 0.1) is 23.7 Å². The largest absolute Gasteiger partial charge is 0.466 e. The number of hydrogen-bond donors (Lipinski definition) is 1. The average molecular weight is 419 g/mol.